The molecule has 0 radical (unpaired) electrons. The van der Waals surface area contributed by atoms with Crippen molar-refractivity contribution in [3.63, 3.8) is 0 Å². The summed E-state index contributed by atoms with van der Waals surface area (Å²) in [5.41, 5.74) is 9.80. The third kappa shape index (κ3) is 1.52. The van der Waals surface area contributed by atoms with E-state index in [0.717, 1.165) is 6.42 Å². The second-order valence-corrected chi connectivity index (χ2v) is 7.38. The molecule has 0 saturated heterocycles. The van der Waals surface area contributed by atoms with Crippen LogP contribution in [0.25, 0.3) is 43.7 Å². The van der Waals surface area contributed by atoms with Crippen LogP contribution in [0.15, 0.2) is 72.3 Å². The molecule has 3 aromatic carbocycles. The molecule has 0 fully saturated rings. The number of para-hydroxylation sites is 2. The number of allylic oxidation sites excluding steroid dienone is 4. The van der Waals surface area contributed by atoms with Crippen LogP contribution in [0.2, 0.25) is 0 Å². The molecule has 0 bridgehead atoms. The van der Waals surface area contributed by atoms with E-state index >= 15 is 0 Å². The minimum Gasteiger partial charge on any atom is -0.308 e. The second-order valence-electron chi connectivity index (χ2n) is 7.38. The van der Waals surface area contributed by atoms with Crippen molar-refractivity contribution in [2.24, 2.45) is 0 Å². The van der Waals surface area contributed by atoms with E-state index in [1.807, 2.05) is 0 Å². The van der Waals surface area contributed by atoms with Crippen LogP contribution >= 0.6 is 0 Å². The lowest BCUT2D eigenvalue weighted by molar-refractivity contribution is 1.25. The number of aromatic nitrogens is 1. The Bertz CT molecular complexity index is 1410. The molecule has 2 heterocycles. The van der Waals surface area contributed by atoms with Gasteiger partial charge in [-0.3, -0.25) is 0 Å². The van der Waals surface area contributed by atoms with Gasteiger partial charge in [-0.1, -0.05) is 54.6 Å². The van der Waals surface area contributed by atoms with Crippen LogP contribution in [0, 0.1) is 0 Å². The molecule has 0 aliphatic heterocycles. The molecule has 26 heavy (non-hydrogen) atoms. The molecule has 1 heteroatoms. The lowest BCUT2D eigenvalue weighted by Crippen LogP contribution is -1.86. The van der Waals surface area contributed by atoms with Gasteiger partial charge in [0.2, 0.25) is 0 Å². The third-order valence-electron chi connectivity index (χ3n) is 6.08. The normalized spacial score (nSPS) is 14.8. The topological polar surface area (TPSA) is 4.41 Å². The fourth-order valence-electron chi connectivity index (χ4n) is 5.02. The van der Waals surface area contributed by atoms with Crippen molar-refractivity contribution in [3.05, 3.63) is 83.4 Å². The van der Waals surface area contributed by atoms with Crippen LogP contribution in [0.1, 0.15) is 25.0 Å². The van der Waals surface area contributed by atoms with Crippen LogP contribution in [0.4, 0.5) is 0 Å². The summed E-state index contributed by atoms with van der Waals surface area (Å²) in [5.74, 6) is 0. The van der Waals surface area contributed by atoms with Crippen LogP contribution < -0.4 is 0 Å². The Labute approximate surface area is 152 Å². The molecular formula is C25H19N. The summed E-state index contributed by atoms with van der Waals surface area (Å²) < 4.78 is 2.47. The van der Waals surface area contributed by atoms with Gasteiger partial charge < -0.3 is 4.40 Å². The first-order valence-electron chi connectivity index (χ1n) is 9.31. The molecule has 0 N–H and O–H groups in total. The minimum atomic E-state index is 1.05. The van der Waals surface area contributed by atoms with Gasteiger partial charge in [-0.15, -0.1) is 0 Å². The lowest BCUT2D eigenvalue weighted by atomic mass is 9.98. The van der Waals surface area contributed by atoms with E-state index in [9.17, 15) is 0 Å². The zero-order valence-electron chi connectivity index (χ0n) is 15.0. The van der Waals surface area contributed by atoms with Crippen molar-refractivity contribution in [1.29, 1.82) is 0 Å². The number of rotatable bonds is 1. The number of benzene rings is 3. The highest BCUT2D eigenvalue weighted by Gasteiger charge is 2.24. The van der Waals surface area contributed by atoms with Gasteiger partial charge >= 0.3 is 0 Å². The smallest absolute Gasteiger partial charge is 0.0620 e. The standard InChI is InChI=1S/C25H19N/c1-3-7-16-14-17-12-13-22-24(23(17)15(16)2)20-10-6-9-19-18-8-4-5-11-21(18)26(22)25(19)20/h3-13H,14H2,1-2H3/b7-3-. The molecule has 1 nitrogen and oxygen atoms in total. The first-order valence-corrected chi connectivity index (χ1v) is 9.31. The highest BCUT2D eigenvalue weighted by atomic mass is 14.9. The fraction of sp³-hybridized carbons (Fsp3) is 0.120. The van der Waals surface area contributed by atoms with Crippen LogP contribution in [0.5, 0.6) is 0 Å². The van der Waals surface area contributed by atoms with Crippen molar-refractivity contribution < 1.29 is 0 Å². The number of hydrogen-bond acceptors (Lipinski definition) is 0. The summed E-state index contributed by atoms with van der Waals surface area (Å²) in [6.45, 7) is 4.39. The predicted octanol–water partition coefficient (Wildman–Crippen LogP) is 6.74. The quantitative estimate of drug-likeness (QED) is 0.320. The van der Waals surface area contributed by atoms with Crippen molar-refractivity contribution in [2.45, 2.75) is 20.3 Å². The van der Waals surface area contributed by atoms with Crippen molar-refractivity contribution in [2.75, 3.05) is 0 Å². The summed E-state index contributed by atoms with van der Waals surface area (Å²) in [4.78, 5) is 0. The summed E-state index contributed by atoms with van der Waals surface area (Å²) in [7, 11) is 0. The van der Waals surface area contributed by atoms with E-state index in [1.54, 1.807) is 0 Å². The van der Waals surface area contributed by atoms with Crippen LogP contribution in [-0.2, 0) is 6.42 Å². The van der Waals surface area contributed by atoms with E-state index in [0.29, 0.717) is 0 Å². The summed E-state index contributed by atoms with van der Waals surface area (Å²) in [5, 5.41) is 5.51. The molecule has 2 aromatic heterocycles. The summed E-state index contributed by atoms with van der Waals surface area (Å²) in [6.07, 6.45) is 5.47. The maximum atomic E-state index is 2.47. The zero-order chi connectivity index (χ0) is 17.4. The van der Waals surface area contributed by atoms with Gasteiger partial charge in [0.15, 0.2) is 0 Å². The Hall–Kier alpha value is -3.06. The molecule has 124 valence electrons. The Morgan fingerprint density at radius 3 is 2.54 bits per heavy atom. The Morgan fingerprint density at radius 1 is 0.846 bits per heavy atom. The molecule has 0 saturated carbocycles. The maximum absolute atomic E-state index is 2.47. The van der Waals surface area contributed by atoms with E-state index in [1.165, 1.54) is 60.4 Å². The van der Waals surface area contributed by atoms with Crippen molar-refractivity contribution in [3.8, 4) is 0 Å². The van der Waals surface area contributed by atoms with Gasteiger partial charge in [-0.2, -0.15) is 0 Å². The van der Waals surface area contributed by atoms with Crippen LogP contribution in [-0.4, -0.2) is 4.40 Å². The Morgan fingerprint density at radius 2 is 1.65 bits per heavy atom. The van der Waals surface area contributed by atoms with E-state index in [4.69, 9.17) is 0 Å². The third-order valence-corrected chi connectivity index (χ3v) is 6.08. The SMILES string of the molecule is C/C=C\C1=C(C)c2c(ccc3c2c2cccc4c5ccccc5n3c42)C1. The van der Waals surface area contributed by atoms with Crippen LogP contribution in [0.3, 0.4) is 0 Å². The maximum Gasteiger partial charge on any atom is 0.0620 e. The highest BCUT2D eigenvalue weighted by Crippen LogP contribution is 2.45. The molecule has 0 unspecified atom stereocenters. The molecule has 1 aliphatic rings. The molecular weight excluding hydrogens is 314 g/mol. The Kier molecular flexibility index (Phi) is 2.59. The molecule has 5 aromatic rings. The summed E-state index contributed by atoms with van der Waals surface area (Å²) >= 11 is 0. The van der Waals surface area contributed by atoms with Gasteiger partial charge in [0.25, 0.3) is 0 Å². The van der Waals surface area contributed by atoms with Crippen molar-refractivity contribution in [1.82, 2.24) is 4.40 Å². The zero-order valence-corrected chi connectivity index (χ0v) is 15.0. The van der Waals surface area contributed by atoms with Crippen molar-refractivity contribution >= 4 is 43.7 Å². The van der Waals surface area contributed by atoms with E-state index in [-0.39, 0.29) is 0 Å². The van der Waals surface area contributed by atoms with Gasteiger partial charge in [0, 0.05) is 21.5 Å². The number of fused-ring (bicyclic) bond motifs is 8. The molecule has 0 atom stereocenters. The van der Waals surface area contributed by atoms with E-state index < -0.39 is 0 Å². The second kappa shape index (κ2) is 4.76. The van der Waals surface area contributed by atoms with Gasteiger partial charge in [-0.25, -0.2) is 0 Å². The largest absolute Gasteiger partial charge is 0.308 e. The molecule has 1 aliphatic carbocycles. The lowest BCUT2D eigenvalue weighted by Gasteiger charge is -2.05. The van der Waals surface area contributed by atoms with Gasteiger partial charge in [0.05, 0.1) is 16.6 Å². The number of nitrogens with zero attached hydrogens (tertiary/aromatic N) is 1. The fourth-order valence-corrected chi connectivity index (χ4v) is 5.02. The van der Waals surface area contributed by atoms with Gasteiger partial charge in [0.1, 0.15) is 0 Å². The minimum absolute atomic E-state index is 1.05. The van der Waals surface area contributed by atoms with E-state index in [2.05, 4.69) is 85.0 Å². The molecule has 0 amide bonds. The molecule has 0 spiro atoms. The molecule has 6 rings (SSSR count). The Balaban J connectivity index is 1.90. The number of hydrogen-bond donors (Lipinski definition) is 0. The summed E-state index contributed by atoms with van der Waals surface area (Å²) in [6, 6.07) is 20.2. The first-order chi connectivity index (χ1) is 12.8. The predicted molar refractivity (Wildman–Crippen MR) is 112 cm³/mol. The average molecular weight is 333 g/mol. The highest BCUT2D eigenvalue weighted by molar-refractivity contribution is 6.25. The first kappa shape index (κ1) is 14.1. The average Bonchev–Trinajstić information content (AvgIpc) is 3.29. The monoisotopic (exact) mass is 333 g/mol. The van der Waals surface area contributed by atoms with Gasteiger partial charge in [-0.05, 0) is 54.7 Å².